The number of rotatable bonds is 4. The number of thiocarbonyl (C=S) groups is 1. The second-order valence-corrected chi connectivity index (χ2v) is 6.22. The Kier molecular flexibility index (Phi) is 27.7. The molecule has 0 spiro atoms. The molecule has 0 aromatic carbocycles. The maximum absolute atomic E-state index is 4.37. The predicted octanol–water partition coefficient (Wildman–Crippen LogP) is 0.755. The van der Waals surface area contributed by atoms with E-state index in [2.05, 4.69) is 39.9 Å². The van der Waals surface area contributed by atoms with E-state index in [9.17, 15) is 0 Å². The van der Waals surface area contributed by atoms with Crippen LogP contribution in [-0.2, 0) is 0 Å². The second kappa shape index (κ2) is 17.9. The van der Waals surface area contributed by atoms with Crippen LogP contribution in [0.5, 0.6) is 0 Å². The minimum Gasteiger partial charge on any atom is -0.339 e. The van der Waals surface area contributed by atoms with Crippen molar-refractivity contribution in [1.29, 1.82) is 0 Å². The van der Waals surface area contributed by atoms with Crippen molar-refractivity contribution in [3.8, 4) is 0 Å². The number of hydrogen-bond donors (Lipinski definition) is 0. The first-order chi connectivity index (χ1) is 5.26. The van der Waals surface area contributed by atoms with Crippen LogP contribution in [0.25, 0.3) is 0 Å². The van der Waals surface area contributed by atoms with E-state index in [1.165, 1.54) is 18.1 Å². The SMILES string of the molecule is CC[Si](CC)CC.[CH2-]CC=S.[Li+]. The molecule has 0 aliphatic carbocycles. The summed E-state index contributed by atoms with van der Waals surface area (Å²) in [6.07, 6.45) is 0.759. The van der Waals surface area contributed by atoms with Gasteiger partial charge in [-0.15, -0.1) is 0 Å². The summed E-state index contributed by atoms with van der Waals surface area (Å²) in [5.74, 6) is 0. The zero-order valence-corrected chi connectivity index (χ0v) is 10.8. The van der Waals surface area contributed by atoms with Gasteiger partial charge >= 0.3 is 18.9 Å². The van der Waals surface area contributed by atoms with Gasteiger partial charge in [0.25, 0.3) is 0 Å². The molecule has 0 fully saturated rings. The largest absolute Gasteiger partial charge is 1.00 e. The Morgan fingerprint density at radius 1 is 1.17 bits per heavy atom. The quantitative estimate of drug-likeness (QED) is 0.362. The van der Waals surface area contributed by atoms with E-state index in [1.54, 1.807) is 5.37 Å². The van der Waals surface area contributed by atoms with Gasteiger partial charge in [0, 0.05) is 8.80 Å². The van der Waals surface area contributed by atoms with Crippen LogP contribution < -0.4 is 18.9 Å². The molecule has 0 heterocycles. The summed E-state index contributed by atoms with van der Waals surface area (Å²) in [5.41, 5.74) is 0. The Labute approximate surface area is 97.3 Å². The Morgan fingerprint density at radius 3 is 1.42 bits per heavy atom. The molecule has 0 rings (SSSR count). The van der Waals surface area contributed by atoms with E-state index in [1.807, 2.05) is 0 Å². The van der Waals surface area contributed by atoms with E-state index in [0.717, 1.165) is 6.42 Å². The van der Waals surface area contributed by atoms with E-state index < -0.39 is 0 Å². The van der Waals surface area contributed by atoms with Crippen LogP contribution in [0.1, 0.15) is 27.2 Å². The second-order valence-electron chi connectivity index (χ2n) is 2.27. The van der Waals surface area contributed by atoms with Crippen LogP contribution in [-0.4, -0.2) is 14.2 Å². The molecule has 0 nitrogen and oxygen atoms in total. The molecule has 0 aliphatic rings. The van der Waals surface area contributed by atoms with Crippen molar-refractivity contribution in [2.45, 2.75) is 45.3 Å². The van der Waals surface area contributed by atoms with Gasteiger partial charge in [-0.05, 0) is 0 Å². The first-order valence-corrected chi connectivity index (χ1v) is 6.92. The van der Waals surface area contributed by atoms with Crippen LogP contribution in [0.15, 0.2) is 0 Å². The predicted molar refractivity (Wildman–Crippen MR) is 60.8 cm³/mol. The third-order valence-electron chi connectivity index (χ3n) is 1.62. The summed E-state index contributed by atoms with van der Waals surface area (Å²) in [5, 5.41) is 1.60. The first-order valence-electron chi connectivity index (χ1n) is 4.33. The van der Waals surface area contributed by atoms with Crippen molar-refractivity contribution in [3.63, 3.8) is 0 Å². The molecule has 0 aromatic heterocycles. The molecule has 0 saturated heterocycles. The molecule has 0 bridgehead atoms. The standard InChI is InChI=1S/C6H15Si.C3H5S.Li/c1-4-7(5-2)6-3;1-2-3-4;/h4-6H2,1-3H3;3H,1-2H2;/q;-1;+1. The first kappa shape index (κ1) is 18.6. The van der Waals surface area contributed by atoms with Gasteiger partial charge < -0.3 is 6.92 Å². The van der Waals surface area contributed by atoms with Crippen molar-refractivity contribution in [3.05, 3.63) is 6.92 Å². The Bertz CT molecular complexity index is 69.4. The maximum atomic E-state index is 4.37. The monoisotopic (exact) mass is 195 g/mol. The maximum Gasteiger partial charge on any atom is 1.00 e. The van der Waals surface area contributed by atoms with Crippen molar-refractivity contribution < 1.29 is 18.9 Å². The molecule has 0 unspecified atom stereocenters. The average molecular weight is 195 g/mol. The Morgan fingerprint density at radius 2 is 1.42 bits per heavy atom. The molecule has 0 saturated carbocycles. The van der Waals surface area contributed by atoms with Gasteiger partial charge in [-0.1, -0.05) is 56.5 Å². The molecular formula is C9H20LiSSi. The van der Waals surface area contributed by atoms with Gasteiger partial charge in [0.2, 0.25) is 0 Å². The third kappa shape index (κ3) is 17.1. The molecule has 0 aromatic rings. The summed E-state index contributed by atoms with van der Waals surface area (Å²) < 4.78 is 0. The fraction of sp³-hybridized carbons (Fsp3) is 0.778. The Hall–Kier alpha value is 0.904. The van der Waals surface area contributed by atoms with E-state index in [4.69, 9.17) is 0 Å². The third-order valence-corrected chi connectivity index (χ3v) is 4.85. The van der Waals surface area contributed by atoms with Gasteiger partial charge in [0.1, 0.15) is 0 Å². The normalized spacial score (nSPS) is 8.08. The van der Waals surface area contributed by atoms with Crippen LogP contribution in [0.4, 0.5) is 0 Å². The van der Waals surface area contributed by atoms with E-state index >= 15 is 0 Å². The molecule has 0 amide bonds. The average Bonchev–Trinajstić information content (AvgIpc) is 2.08. The zero-order valence-electron chi connectivity index (χ0n) is 9.02. The molecular weight excluding hydrogens is 175 g/mol. The summed E-state index contributed by atoms with van der Waals surface area (Å²) in [4.78, 5) is 0. The Balaban J connectivity index is -0.000000142. The fourth-order valence-electron chi connectivity index (χ4n) is 0.750. The zero-order chi connectivity index (χ0) is 9.11. The van der Waals surface area contributed by atoms with Crippen LogP contribution in [0, 0.1) is 6.92 Å². The van der Waals surface area contributed by atoms with Crippen LogP contribution in [0.2, 0.25) is 18.1 Å². The van der Waals surface area contributed by atoms with Gasteiger partial charge in [-0.2, -0.15) is 6.42 Å². The molecule has 0 aliphatic heterocycles. The molecule has 0 atom stereocenters. The van der Waals surface area contributed by atoms with Gasteiger partial charge in [0.15, 0.2) is 0 Å². The topological polar surface area (TPSA) is 0 Å². The summed E-state index contributed by atoms with van der Waals surface area (Å²) in [7, 11) is 0.137. The smallest absolute Gasteiger partial charge is 0.339 e. The molecule has 1 radical (unpaired) electrons. The van der Waals surface area contributed by atoms with Gasteiger partial charge in [-0.25, -0.2) is 0 Å². The van der Waals surface area contributed by atoms with Gasteiger partial charge in [-0.3, -0.25) is 0 Å². The summed E-state index contributed by atoms with van der Waals surface area (Å²) >= 11 is 4.37. The fourth-order valence-corrected chi connectivity index (χ4v) is 2.25. The molecule has 12 heavy (non-hydrogen) atoms. The van der Waals surface area contributed by atoms with E-state index in [0.29, 0.717) is 0 Å². The summed E-state index contributed by atoms with van der Waals surface area (Å²) in [6.45, 7) is 10.4. The summed E-state index contributed by atoms with van der Waals surface area (Å²) in [6, 6.07) is 4.37. The van der Waals surface area contributed by atoms with Crippen molar-refractivity contribution in [2.75, 3.05) is 0 Å². The van der Waals surface area contributed by atoms with Crippen molar-refractivity contribution in [2.24, 2.45) is 0 Å². The molecule has 67 valence electrons. The van der Waals surface area contributed by atoms with Crippen LogP contribution in [0.3, 0.4) is 0 Å². The van der Waals surface area contributed by atoms with Gasteiger partial charge in [0.05, 0.1) is 0 Å². The van der Waals surface area contributed by atoms with Crippen molar-refractivity contribution >= 4 is 26.4 Å². The van der Waals surface area contributed by atoms with E-state index in [-0.39, 0.29) is 27.7 Å². The molecule has 0 N–H and O–H groups in total. The van der Waals surface area contributed by atoms with Crippen molar-refractivity contribution in [1.82, 2.24) is 0 Å². The number of hydrogen-bond acceptors (Lipinski definition) is 1. The minimum absolute atomic E-state index is 0. The minimum atomic E-state index is 0. The van der Waals surface area contributed by atoms with Crippen LogP contribution >= 0.6 is 12.2 Å². The molecule has 3 heteroatoms.